The Labute approximate surface area is 113 Å². The van der Waals surface area contributed by atoms with E-state index in [1.807, 2.05) is 12.1 Å². The van der Waals surface area contributed by atoms with Gasteiger partial charge in [-0.25, -0.2) is 4.39 Å². The predicted molar refractivity (Wildman–Crippen MR) is 70.2 cm³/mol. The molecule has 0 aliphatic carbocycles. The molecular weight excluding hydrogens is 245 g/mol. The summed E-state index contributed by atoms with van der Waals surface area (Å²) >= 11 is 0. The standard InChI is InChI=1S/C15H20FNO2/c16-12-6-4-11(5-7-12)15-13(17-15)8-10-19-14-3-1-2-9-18-14/h4-7,13-15,17H,1-3,8-10H2/t13-,14?,15-/m1/s1. The van der Waals surface area contributed by atoms with E-state index in [0.29, 0.717) is 12.1 Å². The van der Waals surface area contributed by atoms with Gasteiger partial charge in [0, 0.05) is 18.7 Å². The molecule has 2 aliphatic rings. The quantitative estimate of drug-likeness (QED) is 0.832. The van der Waals surface area contributed by atoms with Crippen LogP contribution >= 0.6 is 0 Å². The maximum Gasteiger partial charge on any atom is 0.157 e. The highest BCUT2D eigenvalue weighted by Gasteiger charge is 2.36. The Morgan fingerprint density at radius 1 is 1.26 bits per heavy atom. The second kappa shape index (κ2) is 5.99. The summed E-state index contributed by atoms with van der Waals surface area (Å²) < 4.78 is 24.1. The summed E-state index contributed by atoms with van der Waals surface area (Å²) in [7, 11) is 0. The van der Waals surface area contributed by atoms with Gasteiger partial charge in [-0.3, -0.25) is 0 Å². The SMILES string of the molecule is Fc1ccc([C@H]2N[C@@H]2CCOC2CCCCO2)cc1. The van der Waals surface area contributed by atoms with Gasteiger partial charge >= 0.3 is 0 Å². The topological polar surface area (TPSA) is 40.4 Å². The van der Waals surface area contributed by atoms with Crippen LogP contribution in [0.15, 0.2) is 24.3 Å². The van der Waals surface area contributed by atoms with Crippen molar-refractivity contribution in [2.24, 2.45) is 0 Å². The Hall–Kier alpha value is -0.970. The van der Waals surface area contributed by atoms with Crippen molar-refractivity contribution in [1.82, 2.24) is 5.32 Å². The van der Waals surface area contributed by atoms with Crippen LogP contribution in [-0.2, 0) is 9.47 Å². The molecule has 0 amide bonds. The number of benzene rings is 1. The first kappa shape index (κ1) is 13.0. The number of halogens is 1. The van der Waals surface area contributed by atoms with Crippen molar-refractivity contribution in [2.75, 3.05) is 13.2 Å². The summed E-state index contributed by atoms with van der Waals surface area (Å²) in [4.78, 5) is 0. The molecule has 1 aromatic rings. The van der Waals surface area contributed by atoms with Crippen molar-refractivity contribution in [3.05, 3.63) is 35.6 Å². The molecule has 0 radical (unpaired) electrons. The first-order valence-electron chi connectivity index (χ1n) is 7.07. The van der Waals surface area contributed by atoms with E-state index in [1.54, 1.807) is 0 Å². The van der Waals surface area contributed by atoms with Crippen LogP contribution in [0.1, 0.15) is 37.3 Å². The van der Waals surface area contributed by atoms with Crippen molar-refractivity contribution in [3.8, 4) is 0 Å². The fraction of sp³-hybridized carbons (Fsp3) is 0.600. The summed E-state index contributed by atoms with van der Waals surface area (Å²) in [6.45, 7) is 1.55. The molecule has 1 aromatic carbocycles. The molecule has 104 valence electrons. The third-order valence-electron chi connectivity index (χ3n) is 3.79. The third kappa shape index (κ3) is 3.53. The maximum absolute atomic E-state index is 12.8. The summed E-state index contributed by atoms with van der Waals surface area (Å²) in [5.74, 6) is -0.182. The molecule has 2 heterocycles. The van der Waals surface area contributed by atoms with Crippen LogP contribution < -0.4 is 5.32 Å². The molecule has 2 saturated heterocycles. The lowest BCUT2D eigenvalue weighted by molar-refractivity contribution is -0.162. The van der Waals surface area contributed by atoms with Gasteiger partial charge in [0.2, 0.25) is 0 Å². The number of nitrogens with one attached hydrogen (secondary N) is 1. The lowest BCUT2D eigenvalue weighted by Crippen LogP contribution is -2.23. The van der Waals surface area contributed by atoms with Crippen molar-refractivity contribution < 1.29 is 13.9 Å². The van der Waals surface area contributed by atoms with Crippen molar-refractivity contribution in [3.63, 3.8) is 0 Å². The van der Waals surface area contributed by atoms with Crippen LogP contribution in [-0.4, -0.2) is 25.5 Å². The minimum absolute atomic E-state index is 0.00299. The molecule has 3 nitrogen and oxygen atoms in total. The van der Waals surface area contributed by atoms with Gasteiger partial charge in [-0.2, -0.15) is 0 Å². The van der Waals surface area contributed by atoms with E-state index in [9.17, 15) is 4.39 Å². The van der Waals surface area contributed by atoms with E-state index >= 15 is 0 Å². The molecule has 1 N–H and O–H groups in total. The van der Waals surface area contributed by atoms with E-state index in [4.69, 9.17) is 9.47 Å². The van der Waals surface area contributed by atoms with Crippen LogP contribution in [0.5, 0.6) is 0 Å². The average molecular weight is 265 g/mol. The van der Waals surface area contributed by atoms with Crippen LogP contribution in [0.25, 0.3) is 0 Å². The highest BCUT2D eigenvalue weighted by Crippen LogP contribution is 2.32. The molecule has 4 heteroatoms. The van der Waals surface area contributed by atoms with Crippen LogP contribution in [0.4, 0.5) is 4.39 Å². The fourth-order valence-electron chi connectivity index (χ4n) is 2.59. The van der Waals surface area contributed by atoms with Gasteiger partial charge in [-0.15, -0.1) is 0 Å². The van der Waals surface area contributed by atoms with Gasteiger partial charge in [0.1, 0.15) is 5.82 Å². The molecule has 2 fully saturated rings. The monoisotopic (exact) mass is 265 g/mol. The van der Waals surface area contributed by atoms with E-state index in [-0.39, 0.29) is 12.1 Å². The molecule has 3 atom stereocenters. The smallest absolute Gasteiger partial charge is 0.157 e. The first-order valence-corrected chi connectivity index (χ1v) is 7.07. The zero-order valence-corrected chi connectivity index (χ0v) is 11.0. The zero-order valence-electron chi connectivity index (χ0n) is 11.0. The molecule has 0 spiro atoms. The van der Waals surface area contributed by atoms with Crippen molar-refractivity contribution in [2.45, 2.75) is 44.1 Å². The Morgan fingerprint density at radius 2 is 2.11 bits per heavy atom. The summed E-state index contributed by atoms with van der Waals surface area (Å²) in [6, 6.07) is 7.53. The average Bonchev–Trinajstić information content (AvgIpc) is 3.20. The van der Waals surface area contributed by atoms with Gasteiger partial charge < -0.3 is 14.8 Å². The van der Waals surface area contributed by atoms with Gasteiger partial charge in [-0.05, 0) is 43.4 Å². The van der Waals surface area contributed by atoms with Gasteiger partial charge in [0.25, 0.3) is 0 Å². The van der Waals surface area contributed by atoms with E-state index in [0.717, 1.165) is 38.0 Å². The molecule has 0 aromatic heterocycles. The molecule has 0 bridgehead atoms. The highest BCUT2D eigenvalue weighted by molar-refractivity contribution is 5.26. The fourth-order valence-corrected chi connectivity index (χ4v) is 2.59. The molecule has 19 heavy (non-hydrogen) atoms. The maximum atomic E-state index is 12.8. The summed E-state index contributed by atoms with van der Waals surface area (Å²) in [5.41, 5.74) is 1.15. The molecule has 3 rings (SSSR count). The van der Waals surface area contributed by atoms with Gasteiger partial charge in [-0.1, -0.05) is 12.1 Å². The van der Waals surface area contributed by atoms with Crippen LogP contribution in [0.2, 0.25) is 0 Å². The Kier molecular flexibility index (Phi) is 4.11. The van der Waals surface area contributed by atoms with E-state index in [1.165, 1.54) is 18.6 Å². The summed E-state index contributed by atoms with van der Waals surface area (Å²) in [6.07, 6.45) is 4.33. The van der Waals surface area contributed by atoms with Gasteiger partial charge in [0.15, 0.2) is 6.29 Å². The van der Waals surface area contributed by atoms with E-state index < -0.39 is 0 Å². The summed E-state index contributed by atoms with van der Waals surface area (Å²) in [5, 5.41) is 3.40. The first-order chi connectivity index (χ1) is 9.33. The molecule has 1 unspecified atom stereocenters. The molecule has 0 saturated carbocycles. The number of ether oxygens (including phenoxy) is 2. The lowest BCUT2D eigenvalue weighted by atomic mass is 10.1. The highest BCUT2D eigenvalue weighted by atomic mass is 19.1. The normalized spacial score (nSPS) is 30.3. The molecule has 2 aliphatic heterocycles. The second-order valence-electron chi connectivity index (χ2n) is 5.26. The minimum Gasteiger partial charge on any atom is -0.353 e. The van der Waals surface area contributed by atoms with Gasteiger partial charge in [0.05, 0.1) is 6.61 Å². The minimum atomic E-state index is -0.182. The number of rotatable bonds is 5. The zero-order chi connectivity index (χ0) is 13.1. The second-order valence-corrected chi connectivity index (χ2v) is 5.26. The molecular formula is C15H20FNO2. The Bertz CT molecular complexity index is 403. The van der Waals surface area contributed by atoms with Crippen LogP contribution in [0, 0.1) is 5.82 Å². The van der Waals surface area contributed by atoms with Crippen molar-refractivity contribution >= 4 is 0 Å². The van der Waals surface area contributed by atoms with Crippen molar-refractivity contribution in [1.29, 1.82) is 0 Å². The van der Waals surface area contributed by atoms with E-state index in [2.05, 4.69) is 5.32 Å². The largest absolute Gasteiger partial charge is 0.353 e. The Balaban J connectivity index is 1.37. The predicted octanol–water partition coefficient (Wildman–Crippen LogP) is 2.77. The number of hydrogen-bond acceptors (Lipinski definition) is 3. The van der Waals surface area contributed by atoms with Crippen LogP contribution in [0.3, 0.4) is 0 Å². The number of hydrogen-bond donors (Lipinski definition) is 1. The lowest BCUT2D eigenvalue weighted by Gasteiger charge is -2.22. The Morgan fingerprint density at radius 3 is 2.84 bits per heavy atom. The third-order valence-corrected chi connectivity index (χ3v) is 3.79.